The number of aliphatic hydroxyl groups excluding tert-OH is 1. The Bertz CT molecular complexity index is 348. The molecule has 0 heterocycles. The number of benzene rings is 1. The molecule has 0 saturated carbocycles. The Hall–Kier alpha value is -1.55. The van der Waals surface area contributed by atoms with Crippen LogP contribution in [0.2, 0.25) is 0 Å². The van der Waals surface area contributed by atoms with Crippen molar-refractivity contribution >= 4 is 6.09 Å². The molecule has 1 N–H and O–H groups in total. The van der Waals surface area contributed by atoms with Crippen LogP contribution in [0.1, 0.15) is 18.1 Å². The van der Waals surface area contributed by atoms with E-state index in [0.717, 1.165) is 12.0 Å². The molecule has 4 heteroatoms. The molecule has 94 valence electrons. The van der Waals surface area contributed by atoms with E-state index >= 15 is 0 Å². The second-order valence-electron chi connectivity index (χ2n) is 3.86. The standard InChI is InChI=1S/C13H19NO3/c1-3-11-4-6-12(7-5-11)10-14(2)13(16)17-9-8-15/h4-7,15H,3,8-10H2,1-2H3. The second-order valence-corrected chi connectivity index (χ2v) is 3.86. The van der Waals surface area contributed by atoms with Crippen LogP contribution in [0.25, 0.3) is 0 Å². The van der Waals surface area contributed by atoms with Gasteiger partial charge in [0.25, 0.3) is 0 Å². The maximum atomic E-state index is 11.4. The predicted molar refractivity (Wildman–Crippen MR) is 65.7 cm³/mol. The van der Waals surface area contributed by atoms with Crippen molar-refractivity contribution in [3.8, 4) is 0 Å². The Morgan fingerprint density at radius 3 is 2.41 bits per heavy atom. The van der Waals surface area contributed by atoms with Gasteiger partial charge in [-0.3, -0.25) is 0 Å². The monoisotopic (exact) mass is 237 g/mol. The van der Waals surface area contributed by atoms with Crippen LogP contribution in [-0.4, -0.2) is 36.4 Å². The molecule has 0 unspecified atom stereocenters. The summed E-state index contributed by atoms with van der Waals surface area (Å²) >= 11 is 0. The number of hydrogen-bond acceptors (Lipinski definition) is 3. The highest BCUT2D eigenvalue weighted by Gasteiger charge is 2.09. The zero-order chi connectivity index (χ0) is 12.7. The van der Waals surface area contributed by atoms with E-state index < -0.39 is 6.09 Å². The van der Waals surface area contributed by atoms with Crippen LogP contribution in [0.4, 0.5) is 4.79 Å². The van der Waals surface area contributed by atoms with Gasteiger partial charge in [0.15, 0.2) is 0 Å². The summed E-state index contributed by atoms with van der Waals surface area (Å²) in [6, 6.07) is 8.13. The average molecular weight is 237 g/mol. The Morgan fingerprint density at radius 1 is 1.29 bits per heavy atom. The van der Waals surface area contributed by atoms with Crippen LogP contribution < -0.4 is 0 Å². The third-order valence-corrected chi connectivity index (χ3v) is 2.48. The van der Waals surface area contributed by atoms with Crippen molar-refractivity contribution in [2.45, 2.75) is 19.9 Å². The smallest absolute Gasteiger partial charge is 0.409 e. The molecular weight excluding hydrogens is 218 g/mol. The largest absolute Gasteiger partial charge is 0.447 e. The van der Waals surface area contributed by atoms with Crippen molar-refractivity contribution < 1.29 is 14.6 Å². The fourth-order valence-corrected chi connectivity index (χ4v) is 1.46. The highest BCUT2D eigenvalue weighted by Crippen LogP contribution is 2.07. The summed E-state index contributed by atoms with van der Waals surface area (Å²) in [5.74, 6) is 0. The van der Waals surface area contributed by atoms with E-state index in [1.807, 2.05) is 12.1 Å². The molecule has 0 aliphatic heterocycles. The van der Waals surface area contributed by atoms with E-state index in [9.17, 15) is 4.79 Å². The summed E-state index contributed by atoms with van der Waals surface area (Å²) in [6.45, 7) is 2.50. The van der Waals surface area contributed by atoms with Gasteiger partial charge in [-0.1, -0.05) is 31.2 Å². The van der Waals surface area contributed by atoms with Crippen molar-refractivity contribution in [1.82, 2.24) is 4.90 Å². The van der Waals surface area contributed by atoms with Crippen molar-refractivity contribution in [3.63, 3.8) is 0 Å². The van der Waals surface area contributed by atoms with Gasteiger partial charge in [0, 0.05) is 13.6 Å². The van der Waals surface area contributed by atoms with Gasteiger partial charge in [0.05, 0.1) is 6.61 Å². The lowest BCUT2D eigenvalue weighted by molar-refractivity contribution is 0.0894. The molecule has 0 bridgehead atoms. The molecular formula is C13H19NO3. The molecule has 1 aromatic carbocycles. The number of aryl methyl sites for hydroxylation is 1. The Kier molecular flexibility index (Phi) is 5.49. The van der Waals surface area contributed by atoms with E-state index in [0.29, 0.717) is 6.54 Å². The average Bonchev–Trinajstić information content (AvgIpc) is 2.36. The minimum Gasteiger partial charge on any atom is -0.447 e. The number of carbonyl (C=O) groups excluding carboxylic acids is 1. The van der Waals surface area contributed by atoms with Crippen LogP contribution in [0.3, 0.4) is 0 Å². The molecule has 0 atom stereocenters. The highest BCUT2D eigenvalue weighted by molar-refractivity contribution is 5.67. The van der Waals surface area contributed by atoms with Crippen molar-refractivity contribution in [2.24, 2.45) is 0 Å². The lowest BCUT2D eigenvalue weighted by Gasteiger charge is -2.16. The molecule has 1 amide bonds. The van der Waals surface area contributed by atoms with Gasteiger partial charge in [0.2, 0.25) is 0 Å². The van der Waals surface area contributed by atoms with E-state index in [2.05, 4.69) is 19.1 Å². The first-order chi connectivity index (χ1) is 8.17. The summed E-state index contributed by atoms with van der Waals surface area (Å²) in [7, 11) is 1.67. The number of hydrogen-bond donors (Lipinski definition) is 1. The SMILES string of the molecule is CCc1ccc(CN(C)C(=O)OCCO)cc1. The Balaban J connectivity index is 2.49. The van der Waals surface area contributed by atoms with Gasteiger partial charge in [-0.15, -0.1) is 0 Å². The predicted octanol–water partition coefficient (Wildman–Crippen LogP) is 1.81. The molecule has 0 aliphatic carbocycles. The number of ether oxygens (including phenoxy) is 1. The fraction of sp³-hybridized carbons (Fsp3) is 0.462. The van der Waals surface area contributed by atoms with E-state index in [4.69, 9.17) is 9.84 Å². The first-order valence-corrected chi connectivity index (χ1v) is 5.74. The van der Waals surface area contributed by atoms with Crippen LogP contribution in [0.5, 0.6) is 0 Å². The zero-order valence-corrected chi connectivity index (χ0v) is 10.3. The molecule has 17 heavy (non-hydrogen) atoms. The highest BCUT2D eigenvalue weighted by atomic mass is 16.6. The molecule has 0 aliphatic rings. The number of nitrogens with zero attached hydrogens (tertiary/aromatic N) is 1. The van der Waals surface area contributed by atoms with Gasteiger partial charge in [0.1, 0.15) is 6.61 Å². The van der Waals surface area contributed by atoms with Gasteiger partial charge >= 0.3 is 6.09 Å². The zero-order valence-electron chi connectivity index (χ0n) is 10.3. The van der Waals surface area contributed by atoms with Crippen molar-refractivity contribution in [2.75, 3.05) is 20.3 Å². The molecule has 0 aromatic heterocycles. The van der Waals surface area contributed by atoms with Crippen molar-refractivity contribution in [3.05, 3.63) is 35.4 Å². The quantitative estimate of drug-likeness (QED) is 0.849. The lowest BCUT2D eigenvalue weighted by atomic mass is 10.1. The normalized spacial score (nSPS) is 10.1. The summed E-state index contributed by atoms with van der Waals surface area (Å²) < 4.78 is 4.81. The van der Waals surface area contributed by atoms with Gasteiger partial charge in [-0.25, -0.2) is 4.79 Å². The summed E-state index contributed by atoms with van der Waals surface area (Å²) in [5.41, 5.74) is 2.34. The topological polar surface area (TPSA) is 49.8 Å². The number of amides is 1. The summed E-state index contributed by atoms with van der Waals surface area (Å²) in [6.07, 6.45) is 0.591. The van der Waals surface area contributed by atoms with E-state index in [-0.39, 0.29) is 13.2 Å². The van der Waals surface area contributed by atoms with Crippen LogP contribution in [-0.2, 0) is 17.7 Å². The first kappa shape index (κ1) is 13.5. The van der Waals surface area contributed by atoms with Crippen LogP contribution in [0, 0.1) is 0 Å². The fourth-order valence-electron chi connectivity index (χ4n) is 1.46. The molecule has 1 rings (SSSR count). The molecule has 0 spiro atoms. The second kappa shape index (κ2) is 6.91. The van der Waals surface area contributed by atoms with Gasteiger partial charge in [-0.05, 0) is 17.5 Å². The van der Waals surface area contributed by atoms with E-state index in [1.165, 1.54) is 10.5 Å². The van der Waals surface area contributed by atoms with Crippen LogP contribution >= 0.6 is 0 Å². The number of carbonyl (C=O) groups is 1. The molecule has 0 radical (unpaired) electrons. The number of aliphatic hydroxyl groups is 1. The molecule has 0 fully saturated rings. The van der Waals surface area contributed by atoms with Gasteiger partial charge in [-0.2, -0.15) is 0 Å². The maximum Gasteiger partial charge on any atom is 0.409 e. The minimum atomic E-state index is -0.418. The molecule has 0 saturated heterocycles. The summed E-state index contributed by atoms with van der Waals surface area (Å²) in [4.78, 5) is 12.9. The van der Waals surface area contributed by atoms with Crippen molar-refractivity contribution in [1.29, 1.82) is 0 Å². The molecule has 4 nitrogen and oxygen atoms in total. The maximum absolute atomic E-state index is 11.4. The van der Waals surface area contributed by atoms with Crippen LogP contribution in [0.15, 0.2) is 24.3 Å². The Morgan fingerprint density at radius 2 is 1.88 bits per heavy atom. The van der Waals surface area contributed by atoms with E-state index in [1.54, 1.807) is 7.05 Å². The lowest BCUT2D eigenvalue weighted by Crippen LogP contribution is -2.27. The third-order valence-electron chi connectivity index (χ3n) is 2.48. The van der Waals surface area contributed by atoms with Gasteiger partial charge < -0.3 is 14.7 Å². The third kappa shape index (κ3) is 4.44. The minimum absolute atomic E-state index is 0.0396. The molecule has 1 aromatic rings. The summed E-state index contributed by atoms with van der Waals surface area (Å²) in [5, 5.41) is 8.55. The first-order valence-electron chi connectivity index (χ1n) is 5.74. The number of rotatable bonds is 5. The Labute approximate surface area is 102 Å².